The molecule has 0 saturated carbocycles. The highest BCUT2D eigenvalue weighted by molar-refractivity contribution is 5.89. The van der Waals surface area contributed by atoms with Gasteiger partial charge in [-0.3, -0.25) is 14.4 Å². The van der Waals surface area contributed by atoms with Crippen LogP contribution in [0.15, 0.2) is 46.4 Å². The highest BCUT2D eigenvalue weighted by Crippen LogP contribution is 2.23. The lowest BCUT2D eigenvalue weighted by Crippen LogP contribution is -2.44. The molecule has 0 bridgehead atoms. The fourth-order valence-electron chi connectivity index (χ4n) is 3.75. The smallest absolute Gasteiger partial charge is 0.265 e. The Morgan fingerprint density at radius 3 is 2.59 bits per heavy atom. The van der Waals surface area contributed by atoms with Crippen molar-refractivity contribution in [1.82, 2.24) is 14.5 Å². The molecular formula is C22H26N6O. The summed E-state index contributed by atoms with van der Waals surface area (Å²) in [6.45, 7) is 5.86. The van der Waals surface area contributed by atoms with Crippen LogP contribution in [-0.4, -0.2) is 60.9 Å². The van der Waals surface area contributed by atoms with Crippen LogP contribution in [-0.2, 0) is 0 Å². The summed E-state index contributed by atoms with van der Waals surface area (Å²) in [5, 5.41) is 0.615. The molecule has 2 aromatic carbocycles. The minimum Gasteiger partial charge on any atom is -0.398 e. The molecule has 1 saturated heterocycles. The van der Waals surface area contributed by atoms with Crippen molar-refractivity contribution in [1.29, 1.82) is 0 Å². The molecule has 29 heavy (non-hydrogen) atoms. The van der Waals surface area contributed by atoms with Crippen LogP contribution in [0.2, 0.25) is 0 Å². The Bertz CT molecular complexity index is 1140. The van der Waals surface area contributed by atoms with Gasteiger partial charge in [-0.05, 0) is 49.9 Å². The second-order valence-corrected chi connectivity index (χ2v) is 7.56. The lowest BCUT2D eigenvalue weighted by molar-refractivity contribution is 0.313. The zero-order chi connectivity index (χ0) is 20.5. The molecule has 0 amide bonds. The van der Waals surface area contributed by atoms with Crippen molar-refractivity contribution >= 4 is 28.5 Å². The van der Waals surface area contributed by atoms with Gasteiger partial charge in [0, 0.05) is 56.4 Å². The van der Waals surface area contributed by atoms with E-state index in [0.717, 1.165) is 48.7 Å². The van der Waals surface area contributed by atoms with E-state index < -0.39 is 0 Å². The molecule has 4 rings (SSSR count). The van der Waals surface area contributed by atoms with Crippen molar-refractivity contribution in [2.75, 3.05) is 50.9 Å². The Hall–Kier alpha value is -3.19. The van der Waals surface area contributed by atoms with E-state index in [0.29, 0.717) is 16.6 Å². The Labute approximate surface area is 170 Å². The normalized spacial score (nSPS) is 15.5. The first kappa shape index (κ1) is 19.1. The molecule has 0 unspecified atom stereocenters. The van der Waals surface area contributed by atoms with E-state index >= 15 is 0 Å². The summed E-state index contributed by atoms with van der Waals surface area (Å²) >= 11 is 0. The Balaban J connectivity index is 1.81. The van der Waals surface area contributed by atoms with E-state index in [4.69, 9.17) is 5.73 Å². The number of nitrogen functional groups attached to an aromatic ring is 1. The Morgan fingerprint density at radius 2 is 1.86 bits per heavy atom. The number of hydrogen-bond acceptors (Lipinski definition) is 6. The summed E-state index contributed by atoms with van der Waals surface area (Å²) in [4.78, 5) is 26.5. The van der Waals surface area contributed by atoms with Gasteiger partial charge in [0.25, 0.3) is 5.56 Å². The van der Waals surface area contributed by atoms with Crippen LogP contribution in [0, 0.1) is 6.92 Å². The number of rotatable bonds is 3. The van der Waals surface area contributed by atoms with Gasteiger partial charge in [-0.2, -0.15) is 0 Å². The monoisotopic (exact) mass is 390 g/mol. The molecule has 7 heteroatoms. The molecule has 2 N–H and O–H groups in total. The number of aliphatic imine (C=N–C) groups is 1. The summed E-state index contributed by atoms with van der Waals surface area (Å²) in [5.41, 5.74) is 10.9. The molecule has 2 heterocycles. The van der Waals surface area contributed by atoms with Crippen LogP contribution >= 0.6 is 0 Å². The predicted molar refractivity (Wildman–Crippen MR) is 120 cm³/mol. The van der Waals surface area contributed by atoms with Crippen LogP contribution < -0.4 is 16.2 Å². The Morgan fingerprint density at radius 1 is 1.10 bits per heavy atom. The standard InChI is InChI=1S/C22H26N6O/c1-15-10-18(11-16(13-24-2)21(15)23)28-14-25-20-5-4-17(12-19(20)22(28)29)27-8-6-26(3)7-9-27/h4-5,10-14H,6-9,23H2,1-3H3. The molecule has 1 aliphatic rings. The van der Waals surface area contributed by atoms with E-state index in [1.54, 1.807) is 24.2 Å². The topological polar surface area (TPSA) is 79.8 Å². The zero-order valence-corrected chi connectivity index (χ0v) is 17.1. The van der Waals surface area contributed by atoms with Gasteiger partial charge >= 0.3 is 0 Å². The fourth-order valence-corrected chi connectivity index (χ4v) is 3.75. The largest absolute Gasteiger partial charge is 0.398 e. The lowest BCUT2D eigenvalue weighted by atomic mass is 10.1. The highest BCUT2D eigenvalue weighted by atomic mass is 16.1. The summed E-state index contributed by atoms with van der Waals surface area (Å²) in [7, 11) is 3.83. The van der Waals surface area contributed by atoms with E-state index in [2.05, 4.69) is 26.8 Å². The Kier molecular flexibility index (Phi) is 5.07. The molecule has 1 aromatic heterocycles. The number of benzene rings is 2. The maximum Gasteiger partial charge on any atom is 0.265 e. The van der Waals surface area contributed by atoms with Gasteiger partial charge in [0.15, 0.2) is 0 Å². The van der Waals surface area contributed by atoms with E-state index in [1.807, 2.05) is 37.3 Å². The number of nitrogens with two attached hydrogens (primary N) is 1. The molecule has 0 spiro atoms. The number of likely N-dealkylation sites (N-methyl/N-ethyl adjacent to an activating group) is 1. The van der Waals surface area contributed by atoms with Gasteiger partial charge in [0.1, 0.15) is 6.33 Å². The molecule has 3 aromatic rings. The van der Waals surface area contributed by atoms with Gasteiger partial charge in [-0.15, -0.1) is 0 Å². The predicted octanol–water partition coefficient (Wildman–Crippen LogP) is 2.08. The first-order valence-electron chi connectivity index (χ1n) is 9.75. The van der Waals surface area contributed by atoms with E-state index in [-0.39, 0.29) is 5.56 Å². The van der Waals surface area contributed by atoms with Crippen molar-refractivity contribution in [2.45, 2.75) is 6.92 Å². The fraction of sp³-hybridized carbons (Fsp3) is 0.318. The second-order valence-electron chi connectivity index (χ2n) is 7.56. The zero-order valence-electron chi connectivity index (χ0n) is 17.1. The summed E-state index contributed by atoms with van der Waals surface area (Å²) < 4.78 is 1.58. The SMILES string of the molecule is CN=Cc1cc(-n2cnc3ccc(N4CCN(C)CC4)cc3c2=O)cc(C)c1N. The van der Waals surface area contributed by atoms with Gasteiger partial charge in [-0.25, -0.2) is 4.98 Å². The number of piperazine rings is 1. The summed E-state index contributed by atoms with van der Waals surface area (Å²) in [5.74, 6) is 0. The third-order valence-electron chi connectivity index (χ3n) is 5.56. The maximum atomic E-state index is 13.3. The molecule has 1 fully saturated rings. The number of hydrogen-bond donors (Lipinski definition) is 1. The van der Waals surface area contributed by atoms with E-state index in [9.17, 15) is 4.79 Å². The maximum absolute atomic E-state index is 13.3. The van der Waals surface area contributed by atoms with Gasteiger partial charge in [0.05, 0.1) is 16.6 Å². The number of nitrogens with zero attached hydrogens (tertiary/aromatic N) is 5. The van der Waals surface area contributed by atoms with Crippen molar-refractivity contribution in [2.24, 2.45) is 4.99 Å². The quantitative estimate of drug-likeness (QED) is 0.547. The average molecular weight is 390 g/mol. The summed E-state index contributed by atoms with van der Waals surface area (Å²) in [6, 6.07) is 9.72. The number of aryl methyl sites for hydroxylation is 1. The van der Waals surface area contributed by atoms with Crippen LogP contribution in [0.1, 0.15) is 11.1 Å². The average Bonchev–Trinajstić information content (AvgIpc) is 2.72. The summed E-state index contributed by atoms with van der Waals surface area (Å²) in [6.07, 6.45) is 3.29. The van der Waals surface area contributed by atoms with Gasteiger partial charge < -0.3 is 15.5 Å². The van der Waals surface area contributed by atoms with Crippen molar-refractivity contribution in [3.8, 4) is 5.69 Å². The second kappa shape index (κ2) is 7.67. The third kappa shape index (κ3) is 3.61. The lowest BCUT2D eigenvalue weighted by Gasteiger charge is -2.34. The first-order chi connectivity index (χ1) is 14.0. The first-order valence-corrected chi connectivity index (χ1v) is 9.75. The molecule has 7 nitrogen and oxygen atoms in total. The number of aromatic nitrogens is 2. The minimum absolute atomic E-state index is 0.0884. The number of anilines is 2. The molecule has 0 radical (unpaired) electrons. The van der Waals surface area contributed by atoms with Crippen molar-refractivity contribution < 1.29 is 0 Å². The van der Waals surface area contributed by atoms with Gasteiger partial charge in [-0.1, -0.05) is 0 Å². The van der Waals surface area contributed by atoms with Crippen LogP contribution in [0.4, 0.5) is 11.4 Å². The molecule has 1 aliphatic heterocycles. The third-order valence-corrected chi connectivity index (χ3v) is 5.56. The number of fused-ring (bicyclic) bond motifs is 1. The molecule has 0 aliphatic carbocycles. The molecular weight excluding hydrogens is 364 g/mol. The van der Waals surface area contributed by atoms with Crippen LogP contribution in [0.5, 0.6) is 0 Å². The molecule has 0 atom stereocenters. The minimum atomic E-state index is -0.0884. The highest BCUT2D eigenvalue weighted by Gasteiger charge is 2.16. The van der Waals surface area contributed by atoms with Crippen molar-refractivity contribution in [3.05, 3.63) is 58.1 Å². The van der Waals surface area contributed by atoms with E-state index in [1.165, 1.54) is 0 Å². The van der Waals surface area contributed by atoms with Crippen molar-refractivity contribution in [3.63, 3.8) is 0 Å². The molecule has 150 valence electrons. The van der Waals surface area contributed by atoms with Crippen LogP contribution in [0.25, 0.3) is 16.6 Å². The van der Waals surface area contributed by atoms with Crippen LogP contribution in [0.3, 0.4) is 0 Å². The van der Waals surface area contributed by atoms with Gasteiger partial charge in [0.2, 0.25) is 0 Å².